The van der Waals surface area contributed by atoms with Crippen LogP contribution in [0.3, 0.4) is 0 Å². The number of imidazole rings is 1. The lowest BCUT2D eigenvalue weighted by Crippen LogP contribution is -2.57. The third-order valence-electron chi connectivity index (χ3n) is 17.6. The van der Waals surface area contributed by atoms with E-state index in [-0.39, 0.29) is 67.5 Å². The van der Waals surface area contributed by atoms with Gasteiger partial charge >= 0.3 is 0 Å². The minimum absolute atomic E-state index is 0.0261. The number of nitrogens with two attached hydrogens (primary N) is 8. The maximum atomic E-state index is 13.0. The minimum atomic E-state index is -0.954. The number of rotatable bonds is 51. The summed E-state index contributed by atoms with van der Waals surface area (Å²) < 4.78 is 0. The fourth-order valence-corrected chi connectivity index (χ4v) is 11.3. The first-order chi connectivity index (χ1) is 55.7. The largest absolute Gasteiger partial charge is 0.386 e. The molecule has 12 atom stereocenters. The van der Waals surface area contributed by atoms with Crippen LogP contribution in [-0.4, -0.2) is 203 Å². The van der Waals surface area contributed by atoms with Gasteiger partial charge in [-0.05, 0) is 116 Å². The third kappa shape index (κ3) is 49.7. The van der Waals surface area contributed by atoms with Gasteiger partial charge in [-0.2, -0.15) is 0 Å². The number of carbonyl (C=O) groups excluding carboxylic acids is 16. The van der Waals surface area contributed by atoms with Gasteiger partial charge in [0.05, 0.1) is 29.6 Å². The Morgan fingerprint density at radius 3 is 0.958 bits per heavy atom. The lowest BCUT2D eigenvalue weighted by atomic mass is 9.83. The van der Waals surface area contributed by atoms with Crippen LogP contribution < -0.4 is 131 Å². The van der Waals surface area contributed by atoms with Crippen LogP contribution in [0.15, 0.2) is 92.5 Å². The summed E-state index contributed by atoms with van der Waals surface area (Å²) in [5.74, 6) is -6.87. The highest BCUT2D eigenvalue weighted by atomic mass is 16.2. The fourth-order valence-electron chi connectivity index (χ4n) is 11.3. The summed E-state index contributed by atoms with van der Waals surface area (Å²) in [6.07, 6.45) is 11.7. The highest BCUT2D eigenvalue weighted by Crippen LogP contribution is 2.27. The van der Waals surface area contributed by atoms with Gasteiger partial charge in [-0.15, -0.1) is 0 Å². The lowest BCUT2D eigenvalue weighted by molar-refractivity contribution is -0.134. The zero-order valence-electron chi connectivity index (χ0n) is 70.2. The number of hydrogen-bond donors (Lipinski definition) is 25. The third-order valence-corrected chi connectivity index (χ3v) is 17.6. The van der Waals surface area contributed by atoms with Crippen molar-refractivity contribution in [2.24, 2.45) is 57.7 Å². The van der Waals surface area contributed by atoms with Crippen LogP contribution in [0, 0.1) is 11.8 Å². The molecule has 1 aliphatic rings. The predicted molar refractivity (Wildman–Crippen MR) is 446 cm³/mol. The van der Waals surface area contributed by atoms with Crippen LogP contribution in [0.1, 0.15) is 170 Å². The molecule has 1 aliphatic carbocycles. The van der Waals surface area contributed by atoms with Crippen molar-refractivity contribution in [3.05, 3.63) is 104 Å². The van der Waals surface area contributed by atoms with Gasteiger partial charge in [-0.25, -0.2) is 4.98 Å². The first-order valence-corrected chi connectivity index (χ1v) is 39.2. The van der Waals surface area contributed by atoms with E-state index in [9.17, 15) is 76.7 Å². The van der Waals surface area contributed by atoms with E-state index in [1.165, 1.54) is 67.9 Å². The van der Waals surface area contributed by atoms with Gasteiger partial charge in [0, 0.05) is 78.6 Å². The summed E-state index contributed by atoms with van der Waals surface area (Å²) in [5, 5.41) is 42.5. The Morgan fingerprint density at radius 2 is 0.672 bits per heavy atom. The van der Waals surface area contributed by atoms with E-state index in [0.29, 0.717) is 87.9 Å². The van der Waals surface area contributed by atoms with Crippen molar-refractivity contribution in [2.45, 2.75) is 244 Å². The number of primary amides is 4. The van der Waals surface area contributed by atoms with Crippen molar-refractivity contribution in [3.8, 4) is 0 Å². The van der Waals surface area contributed by atoms with Crippen molar-refractivity contribution in [3.63, 3.8) is 0 Å². The Bertz CT molecular complexity index is 3670. The van der Waals surface area contributed by atoms with Gasteiger partial charge in [0.2, 0.25) is 94.5 Å². The predicted octanol–water partition coefficient (Wildman–Crippen LogP) is -5.10. The number of nitrogens with one attached hydrogen (secondary N) is 17. The van der Waals surface area contributed by atoms with Gasteiger partial charge < -0.3 is 136 Å². The number of H-pyrrole nitrogens is 1. The first-order valence-electron chi connectivity index (χ1n) is 39.2. The standard InChI is InChI=1S/C21H32N6O4.C20H36N6O4.C18H30N8O4.C18H34N6O4/c1-13(19(23)29)25-20(30)17(10-7-11-24-14(2)22)27-21(31)18(26-15(3)28)12-16-8-5-4-6-9-16;1-12(18(22)28)24-19(29)16(10-7-11-23-13(2)21)26-20(30)17(25-14(3)27)15-8-5-4-6-9-15;1-10(16(20)28)24-17(29)14(5-4-6-22-11(2)19)26-18(30)15(25-12(3)27)7-13-8-21-9-23-13;1-10(2)9-15(23-13(5)25)18(28)24-14(7-6-8-21-12(4)19)17(27)22-11(3)16(20)26/h4-6,8-9,13,17-18,24H,2,7,10-12,22H2,1,3H3,(H2,23,29)(H,25,30)(H,26,28)(H,27,31);12,15-17,23H,2,4-11,21H2,1,3H3,(H2,22,28)(H,24,29)(H,25,27)(H,26,30);8-10,14-15,22H,2,4-7,19H2,1,3H3,(H2,20,28)(H,21,23)(H,24,29)(H,25,27)(H,26,30);10-11,14-15,21H,4,6-9,19H2,1-3,5H3,(H2,20,26)(H,22,27)(H,23,25)(H,24,28)/t13-,17-,18-;12-,16-,17-;10-,14-,15-;11-,14-,15-/m0000/s1. The molecule has 0 spiro atoms. The molecule has 33 N–H and O–H groups in total. The van der Waals surface area contributed by atoms with Crippen LogP contribution in [-0.2, 0) is 89.6 Å². The normalized spacial score (nSPS) is 14.4. The monoisotopic (exact) mass is 1680 g/mol. The number of nitrogens with zero attached hydrogens (tertiary/aromatic N) is 1. The van der Waals surface area contributed by atoms with Crippen molar-refractivity contribution >= 4 is 94.5 Å². The number of benzene rings is 1. The average Bonchev–Trinajstić information content (AvgIpc) is 1.61. The molecule has 42 nitrogen and oxygen atoms in total. The Kier molecular flexibility index (Phi) is 52.0. The second-order valence-electron chi connectivity index (χ2n) is 29.1. The second-order valence-corrected chi connectivity index (χ2v) is 29.1. The van der Waals surface area contributed by atoms with E-state index in [1.54, 1.807) is 0 Å². The quantitative estimate of drug-likeness (QED) is 0.0276. The summed E-state index contributed by atoms with van der Waals surface area (Å²) in [5.41, 5.74) is 44.1. The van der Waals surface area contributed by atoms with Crippen LogP contribution >= 0.6 is 0 Å². The molecule has 42 heteroatoms. The molecule has 1 aromatic heterocycles. The summed E-state index contributed by atoms with van der Waals surface area (Å²) in [7, 11) is 0. The van der Waals surface area contributed by atoms with Crippen LogP contribution in [0.5, 0.6) is 0 Å². The molecule has 0 saturated heterocycles. The van der Waals surface area contributed by atoms with Gasteiger partial charge in [0.1, 0.15) is 72.5 Å². The van der Waals surface area contributed by atoms with E-state index in [1.807, 2.05) is 44.2 Å². The molecular weight excluding hydrogens is 1550 g/mol. The Labute approximate surface area is 695 Å². The molecule has 0 unspecified atom stereocenters. The summed E-state index contributed by atoms with van der Waals surface area (Å²) in [6.45, 7) is 30.9. The van der Waals surface area contributed by atoms with E-state index in [4.69, 9.17) is 45.9 Å². The molecule has 1 fully saturated rings. The number of hydrogen-bond acceptors (Lipinski definition) is 25. The molecule has 0 radical (unpaired) electrons. The number of aromatic amines is 1. The maximum Gasteiger partial charge on any atom is 0.243 e. The van der Waals surface area contributed by atoms with E-state index in [0.717, 1.165) is 37.7 Å². The summed E-state index contributed by atoms with van der Waals surface area (Å²) in [6, 6.07) is -1.29. The molecule has 1 heterocycles. The highest BCUT2D eigenvalue weighted by Gasteiger charge is 2.35. The van der Waals surface area contributed by atoms with Gasteiger partial charge in [0.15, 0.2) is 0 Å². The molecule has 16 amide bonds. The molecule has 3 rings (SSSR count). The van der Waals surface area contributed by atoms with Crippen molar-refractivity contribution in [1.82, 2.24) is 95.0 Å². The van der Waals surface area contributed by atoms with Crippen LogP contribution in [0.25, 0.3) is 0 Å². The summed E-state index contributed by atoms with van der Waals surface area (Å²) in [4.78, 5) is 200. The van der Waals surface area contributed by atoms with Gasteiger partial charge in [-0.3, -0.25) is 76.7 Å². The molecular formula is C77H132N26O16. The fraction of sp³-hybridized carbons (Fsp3) is 0.571. The average molecular weight is 1680 g/mol. The Balaban J connectivity index is 0.00000156. The van der Waals surface area contributed by atoms with Crippen LogP contribution in [0.2, 0.25) is 0 Å². The number of amides is 16. The summed E-state index contributed by atoms with van der Waals surface area (Å²) >= 11 is 0. The molecule has 1 saturated carbocycles. The molecule has 0 bridgehead atoms. The van der Waals surface area contributed by atoms with Gasteiger partial charge in [-0.1, -0.05) is 89.8 Å². The van der Waals surface area contributed by atoms with Crippen molar-refractivity contribution in [2.75, 3.05) is 26.2 Å². The molecule has 0 aliphatic heterocycles. The van der Waals surface area contributed by atoms with E-state index in [2.05, 4.69) is 121 Å². The second kappa shape index (κ2) is 58.2. The van der Waals surface area contributed by atoms with Crippen LogP contribution in [0.4, 0.5) is 0 Å². The maximum absolute atomic E-state index is 13.0. The molecule has 2 aromatic rings. The Hall–Kier alpha value is -12.7. The smallest absolute Gasteiger partial charge is 0.243 e. The van der Waals surface area contributed by atoms with Gasteiger partial charge in [0.25, 0.3) is 0 Å². The highest BCUT2D eigenvalue weighted by molar-refractivity contribution is 5.97. The lowest BCUT2D eigenvalue weighted by Gasteiger charge is -2.31. The van der Waals surface area contributed by atoms with E-state index >= 15 is 0 Å². The minimum Gasteiger partial charge on any atom is -0.386 e. The SMILES string of the molecule is C=C(N)NCCC[C@H](NC(=O)[C@@H](NC(C)=O)C1CCCCC1)C(=O)N[C@@H](C)C(N)=O.C=C(N)NCCC[C@H](NC(=O)[C@H](CC(C)C)NC(C)=O)C(=O)N[C@@H](C)C(N)=O.C=C(N)NCCC[C@H](NC(=O)[C@H](Cc1ccccc1)NC(C)=O)C(=O)N[C@@H](C)C(N)=O.C=C(N)NCCC[C@H](NC(=O)[C@H](Cc1cnc[nH]1)NC(C)=O)C(=O)N[C@@H](C)C(N)=O. The van der Waals surface area contributed by atoms with E-state index < -0.39 is 149 Å². The number of aromatic nitrogens is 2. The van der Waals surface area contributed by atoms with Crippen molar-refractivity contribution < 1.29 is 76.7 Å². The first kappa shape index (κ1) is 106. The molecule has 666 valence electrons. The molecule has 119 heavy (non-hydrogen) atoms. The molecule has 1 aromatic carbocycles. The zero-order valence-corrected chi connectivity index (χ0v) is 70.2. The zero-order chi connectivity index (χ0) is 90.6. The van der Waals surface area contributed by atoms with Crippen molar-refractivity contribution in [1.29, 1.82) is 0 Å². The Morgan fingerprint density at radius 1 is 0.378 bits per heavy atom. The topological polar surface area (TPSA) is 702 Å². The number of carbonyl (C=O) groups is 16.